The van der Waals surface area contributed by atoms with E-state index in [0.29, 0.717) is 26.8 Å². The maximum Gasteiger partial charge on any atom is 0.349 e. The maximum absolute atomic E-state index is 13.3. The van der Waals surface area contributed by atoms with Crippen LogP contribution in [0.15, 0.2) is 78.9 Å². The standard InChI is InChI=1S/C27H18Cl2N4O5S/c1-15-18-14-23(39-26(18)32(31-15)22-10-6-5-9-19(22)28)27(35)38-24(16-7-3-2-4-8-16)25(34)30-21-12-11-17(33(36)37)13-20(21)29/h2-14,24H,1H3,(H,30,34). The van der Waals surface area contributed by atoms with Crippen LogP contribution in [0.3, 0.4) is 0 Å². The van der Waals surface area contributed by atoms with Gasteiger partial charge in [0.2, 0.25) is 6.10 Å². The number of non-ortho nitro benzene ring substituents is 1. The molecule has 0 aliphatic rings. The smallest absolute Gasteiger partial charge is 0.349 e. The molecule has 196 valence electrons. The van der Waals surface area contributed by atoms with Crippen LogP contribution in [0.5, 0.6) is 0 Å². The van der Waals surface area contributed by atoms with Gasteiger partial charge in [0.05, 0.1) is 32.0 Å². The number of carbonyl (C=O) groups is 2. The lowest BCUT2D eigenvalue weighted by atomic mass is 10.1. The summed E-state index contributed by atoms with van der Waals surface area (Å²) in [6.07, 6.45) is -1.32. The predicted octanol–water partition coefficient (Wildman–Crippen LogP) is 7.15. The van der Waals surface area contributed by atoms with E-state index in [4.69, 9.17) is 27.9 Å². The van der Waals surface area contributed by atoms with E-state index in [1.54, 1.807) is 47.1 Å². The molecule has 2 aromatic heterocycles. The Bertz CT molecular complexity index is 1740. The molecule has 0 saturated heterocycles. The van der Waals surface area contributed by atoms with Crippen molar-refractivity contribution in [1.82, 2.24) is 9.78 Å². The number of anilines is 1. The largest absolute Gasteiger partial charge is 0.443 e. The first-order valence-electron chi connectivity index (χ1n) is 11.5. The van der Waals surface area contributed by atoms with E-state index in [9.17, 15) is 19.7 Å². The predicted molar refractivity (Wildman–Crippen MR) is 150 cm³/mol. The number of rotatable bonds is 7. The molecular weight excluding hydrogens is 563 g/mol. The van der Waals surface area contributed by atoms with E-state index in [0.717, 1.165) is 11.5 Å². The molecule has 1 unspecified atom stereocenters. The average molecular weight is 581 g/mol. The highest BCUT2D eigenvalue weighted by Crippen LogP contribution is 2.34. The lowest BCUT2D eigenvalue weighted by Crippen LogP contribution is -2.25. The molecule has 3 aromatic carbocycles. The van der Waals surface area contributed by atoms with Crippen molar-refractivity contribution in [3.8, 4) is 5.69 Å². The van der Waals surface area contributed by atoms with Gasteiger partial charge in [-0.3, -0.25) is 14.9 Å². The van der Waals surface area contributed by atoms with Crippen molar-refractivity contribution in [1.29, 1.82) is 0 Å². The molecule has 5 rings (SSSR count). The van der Waals surface area contributed by atoms with E-state index in [1.807, 2.05) is 25.1 Å². The molecule has 12 heteroatoms. The monoisotopic (exact) mass is 580 g/mol. The Morgan fingerprint density at radius 3 is 2.44 bits per heavy atom. The number of nitro benzene ring substituents is 1. The average Bonchev–Trinajstić information content (AvgIpc) is 3.49. The molecule has 1 N–H and O–H groups in total. The summed E-state index contributed by atoms with van der Waals surface area (Å²) in [7, 11) is 0. The summed E-state index contributed by atoms with van der Waals surface area (Å²) < 4.78 is 7.39. The quantitative estimate of drug-likeness (QED) is 0.124. The number of aromatic nitrogens is 2. The number of amides is 1. The fourth-order valence-electron chi connectivity index (χ4n) is 3.92. The van der Waals surface area contributed by atoms with Gasteiger partial charge < -0.3 is 10.1 Å². The lowest BCUT2D eigenvalue weighted by molar-refractivity contribution is -0.384. The third-order valence-electron chi connectivity index (χ3n) is 5.81. The van der Waals surface area contributed by atoms with Gasteiger partial charge in [0.15, 0.2) is 0 Å². The Hall–Kier alpha value is -4.25. The molecule has 1 amide bonds. The van der Waals surface area contributed by atoms with Crippen LogP contribution >= 0.6 is 34.5 Å². The van der Waals surface area contributed by atoms with Crippen LogP contribution < -0.4 is 5.32 Å². The zero-order chi connectivity index (χ0) is 27.7. The number of halogens is 2. The van der Waals surface area contributed by atoms with Crippen LogP contribution in [0.25, 0.3) is 15.9 Å². The SMILES string of the molecule is Cc1nn(-c2ccccc2Cl)c2sc(C(=O)OC(C(=O)Nc3ccc([N+](=O)[O-])cc3Cl)c3ccccc3)cc12. The molecule has 0 radical (unpaired) electrons. The van der Waals surface area contributed by atoms with Gasteiger partial charge in [0, 0.05) is 23.1 Å². The third-order valence-corrected chi connectivity index (χ3v) is 7.54. The summed E-state index contributed by atoms with van der Waals surface area (Å²) >= 11 is 13.7. The second-order valence-corrected chi connectivity index (χ2v) is 10.2. The van der Waals surface area contributed by atoms with E-state index in [1.165, 1.54) is 23.5 Å². The lowest BCUT2D eigenvalue weighted by Gasteiger charge is -2.18. The van der Waals surface area contributed by atoms with Gasteiger partial charge in [0.25, 0.3) is 11.6 Å². The molecule has 39 heavy (non-hydrogen) atoms. The van der Waals surface area contributed by atoms with E-state index in [2.05, 4.69) is 10.4 Å². The van der Waals surface area contributed by atoms with Crippen LogP contribution in [0, 0.1) is 17.0 Å². The van der Waals surface area contributed by atoms with Gasteiger partial charge >= 0.3 is 5.97 Å². The van der Waals surface area contributed by atoms with Gasteiger partial charge in [-0.05, 0) is 31.2 Å². The van der Waals surface area contributed by atoms with E-state index < -0.39 is 22.9 Å². The Morgan fingerprint density at radius 1 is 1.03 bits per heavy atom. The number of carbonyl (C=O) groups excluding carboxylic acids is 2. The number of benzene rings is 3. The number of nitro groups is 1. The molecule has 0 saturated carbocycles. The van der Waals surface area contributed by atoms with Gasteiger partial charge in [-0.2, -0.15) is 5.10 Å². The normalized spacial score (nSPS) is 11.8. The number of nitrogens with one attached hydrogen (secondary N) is 1. The first-order valence-corrected chi connectivity index (χ1v) is 13.0. The fourth-order valence-corrected chi connectivity index (χ4v) is 5.41. The fraction of sp³-hybridized carbons (Fsp3) is 0.0741. The third kappa shape index (κ3) is 5.35. The highest BCUT2D eigenvalue weighted by Gasteiger charge is 2.28. The summed E-state index contributed by atoms with van der Waals surface area (Å²) in [6, 6.07) is 21.1. The topological polar surface area (TPSA) is 116 Å². The molecule has 0 aliphatic carbocycles. The van der Waals surface area contributed by atoms with E-state index in [-0.39, 0.29) is 21.3 Å². The number of thiophene rings is 1. The molecule has 0 aliphatic heterocycles. The number of esters is 1. The maximum atomic E-state index is 13.3. The molecule has 0 bridgehead atoms. The molecule has 2 heterocycles. The Kier molecular flexibility index (Phi) is 7.34. The minimum Gasteiger partial charge on any atom is -0.443 e. The summed E-state index contributed by atoms with van der Waals surface area (Å²) in [5, 5.41) is 19.4. The van der Waals surface area contributed by atoms with Crippen molar-refractivity contribution in [2.45, 2.75) is 13.0 Å². The number of ether oxygens (including phenoxy) is 1. The molecule has 9 nitrogen and oxygen atoms in total. The zero-order valence-corrected chi connectivity index (χ0v) is 22.5. The molecule has 1 atom stereocenters. The number of aryl methyl sites for hydroxylation is 1. The van der Waals surface area contributed by atoms with Crippen LogP contribution in [-0.2, 0) is 9.53 Å². The molecule has 0 spiro atoms. The minimum absolute atomic E-state index is 0.0280. The van der Waals surface area contributed by atoms with Gasteiger partial charge in [-0.1, -0.05) is 65.7 Å². The number of hydrogen-bond donors (Lipinski definition) is 1. The Labute approximate surface area is 235 Å². The number of para-hydroxylation sites is 1. The minimum atomic E-state index is -1.32. The van der Waals surface area contributed by atoms with Crippen LogP contribution in [0.4, 0.5) is 11.4 Å². The summed E-state index contributed by atoms with van der Waals surface area (Å²) in [4.78, 5) is 38.0. The van der Waals surface area contributed by atoms with E-state index >= 15 is 0 Å². The highest BCUT2D eigenvalue weighted by molar-refractivity contribution is 7.20. The second-order valence-electron chi connectivity index (χ2n) is 8.38. The van der Waals surface area contributed by atoms with Crippen molar-refractivity contribution in [3.05, 3.63) is 115 Å². The zero-order valence-electron chi connectivity index (χ0n) is 20.1. The summed E-state index contributed by atoms with van der Waals surface area (Å²) in [5.41, 5.74) is 1.72. The van der Waals surface area contributed by atoms with Crippen molar-refractivity contribution < 1.29 is 19.2 Å². The van der Waals surface area contributed by atoms with Crippen molar-refractivity contribution >= 4 is 68.0 Å². The van der Waals surface area contributed by atoms with Gasteiger partial charge in [0.1, 0.15) is 9.71 Å². The van der Waals surface area contributed by atoms with Gasteiger partial charge in [-0.25, -0.2) is 9.48 Å². The second kappa shape index (κ2) is 10.9. The molecule has 5 aromatic rings. The first-order chi connectivity index (χ1) is 18.7. The Balaban J connectivity index is 1.45. The Morgan fingerprint density at radius 2 is 1.74 bits per heavy atom. The molecular formula is C27H18Cl2N4O5S. The van der Waals surface area contributed by atoms with Crippen molar-refractivity contribution in [3.63, 3.8) is 0 Å². The summed E-state index contributed by atoms with van der Waals surface area (Å²) in [6.45, 7) is 1.83. The van der Waals surface area contributed by atoms with Crippen molar-refractivity contribution in [2.24, 2.45) is 0 Å². The highest BCUT2D eigenvalue weighted by atomic mass is 35.5. The number of fused-ring (bicyclic) bond motifs is 1. The summed E-state index contributed by atoms with van der Waals surface area (Å²) in [5.74, 6) is -1.38. The van der Waals surface area contributed by atoms with Crippen LogP contribution in [-0.4, -0.2) is 26.6 Å². The van der Waals surface area contributed by atoms with Gasteiger partial charge in [-0.15, -0.1) is 11.3 Å². The number of nitrogens with zero attached hydrogens (tertiary/aromatic N) is 3. The van der Waals surface area contributed by atoms with Crippen LogP contribution in [0.2, 0.25) is 10.0 Å². The number of hydrogen-bond acceptors (Lipinski definition) is 7. The first kappa shape index (κ1) is 26.4. The molecule has 0 fully saturated rings. The van der Waals surface area contributed by atoms with Crippen molar-refractivity contribution in [2.75, 3.05) is 5.32 Å². The van der Waals surface area contributed by atoms with Crippen LogP contribution in [0.1, 0.15) is 27.0 Å².